The summed E-state index contributed by atoms with van der Waals surface area (Å²) >= 11 is 0. The smallest absolute Gasteiger partial charge is 0.250 e. The van der Waals surface area contributed by atoms with Crippen molar-refractivity contribution in [2.45, 2.75) is 23.3 Å². The lowest BCUT2D eigenvalue weighted by Gasteiger charge is -2.63. The van der Waals surface area contributed by atoms with Crippen molar-refractivity contribution in [2.75, 3.05) is 42.3 Å². The third kappa shape index (κ3) is 2.89. The van der Waals surface area contributed by atoms with E-state index in [-0.39, 0.29) is 0 Å². The Bertz CT molecular complexity index is 353. The van der Waals surface area contributed by atoms with Crippen LogP contribution in [0.15, 0.2) is 0 Å². The second-order valence-corrected chi connectivity index (χ2v) is 8.97. The van der Waals surface area contributed by atoms with Crippen LogP contribution in [0.5, 0.6) is 0 Å². The van der Waals surface area contributed by atoms with Gasteiger partial charge in [-0.1, -0.05) is 0 Å². The van der Waals surface area contributed by atoms with Crippen LogP contribution in [-0.4, -0.2) is 78.5 Å². The molecule has 23 heavy (non-hydrogen) atoms. The van der Waals surface area contributed by atoms with E-state index in [1.54, 1.807) is 0 Å². The van der Waals surface area contributed by atoms with Crippen molar-refractivity contribution in [3.8, 4) is 0 Å². The summed E-state index contributed by atoms with van der Waals surface area (Å²) in [5.41, 5.74) is 0. The topological polar surface area (TPSA) is 9.72 Å². The fourth-order valence-electron chi connectivity index (χ4n) is 2.75. The van der Waals surface area contributed by atoms with Gasteiger partial charge in [-0.3, -0.25) is 0 Å². The van der Waals surface area contributed by atoms with Crippen molar-refractivity contribution in [1.29, 1.82) is 0 Å². The Kier molecular flexibility index (Phi) is 6.04. The summed E-state index contributed by atoms with van der Waals surface area (Å²) in [6, 6.07) is 0. The van der Waals surface area contributed by atoms with Gasteiger partial charge in [0.1, 0.15) is 0 Å². The minimum Gasteiger partial charge on any atom is -0.250 e. The molecule has 0 aliphatic heterocycles. The molecule has 0 spiro atoms. The van der Waals surface area contributed by atoms with Crippen molar-refractivity contribution >= 4 is 10.6 Å². The molecule has 0 rings (SSSR count). The van der Waals surface area contributed by atoms with Crippen LogP contribution in [0.25, 0.3) is 0 Å². The minimum atomic E-state index is -6.63. The van der Waals surface area contributed by atoms with Gasteiger partial charge < -0.3 is 0 Å². The third-order valence-corrected chi connectivity index (χ3v) is 7.71. The first kappa shape index (κ1) is 22.6. The van der Waals surface area contributed by atoms with E-state index in [9.17, 15) is 39.5 Å². The summed E-state index contributed by atoms with van der Waals surface area (Å²) in [6.07, 6.45) is -19.9. The summed E-state index contributed by atoms with van der Waals surface area (Å²) in [4.78, 5) is 0. The maximum absolute atomic E-state index is 13.4. The second-order valence-electron chi connectivity index (χ2n) is 5.13. The highest BCUT2D eigenvalue weighted by molar-refractivity contribution is 8.29. The number of hydrogen-bond donors (Lipinski definition) is 0. The molecule has 0 N–H and O–H groups in total. The largest absolute Gasteiger partial charge is 0.423 e. The predicted molar refractivity (Wildman–Crippen MR) is 69.5 cm³/mol. The molecule has 0 fully saturated rings. The molecule has 3 nitrogen and oxygen atoms in total. The van der Waals surface area contributed by atoms with Gasteiger partial charge >= 0.3 is 23.3 Å². The Labute approximate surface area is 129 Å². The quantitative estimate of drug-likeness (QED) is 0.687. The first-order valence-corrected chi connectivity index (χ1v) is 7.39. The maximum Gasteiger partial charge on any atom is 0.423 e. The van der Waals surface area contributed by atoms with Crippen molar-refractivity contribution in [3.05, 3.63) is 0 Å². The van der Waals surface area contributed by atoms with Crippen molar-refractivity contribution in [1.82, 2.24) is 12.9 Å². The van der Waals surface area contributed by atoms with Gasteiger partial charge in [0.25, 0.3) is 0 Å². The lowest BCUT2D eigenvalue weighted by molar-refractivity contribution is -0.349. The number of halogens is 9. The zero-order chi connectivity index (χ0) is 19.2. The molecule has 0 amide bonds. The molecule has 0 aromatic carbocycles. The molecule has 0 aromatic heterocycles. The molecule has 142 valence electrons. The van der Waals surface area contributed by atoms with E-state index in [1.165, 1.54) is 0 Å². The summed E-state index contributed by atoms with van der Waals surface area (Å²) < 4.78 is 116. The lowest BCUT2D eigenvalue weighted by atomic mass is 10.1. The summed E-state index contributed by atoms with van der Waals surface area (Å²) in [5, 5.41) is 0. The first-order valence-electron chi connectivity index (χ1n) is 5.89. The lowest BCUT2D eigenvalue weighted by Crippen LogP contribution is -2.74. The monoisotopic (exact) mass is 383 g/mol. The average Bonchev–Trinajstić information content (AvgIpc) is 2.16. The Balaban J connectivity index is 7.41. The standard InChI is InChI=1S/C10H18F9N3S/c1-20(2)23(21(3)4,22(5)6)7(8(11,12)13,9(14,15)16)10(17,18)19/h1-6H3. The van der Waals surface area contributed by atoms with Gasteiger partial charge in [-0.05, 0) is 52.9 Å². The molecule has 0 aromatic rings. The number of rotatable bonds is 4. The van der Waals surface area contributed by atoms with Crippen LogP contribution in [0.2, 0.25) is 0 Å². The molecular formula is C10H18F9N3S. The number of hydrogen-bond acceptors (Lipinski definition) is 3. The van der Waals surface area contributed by atoms with Gasteiger partial charge in [0.2, 0.25) is 0 Å². The van der Waals surface area contributed by atoms with E-state index in [4.69, 9.17) is 0 Å². The predicted octanol–water partition coefficient (Wildman–Crippen LogP) is 3.65. The van der Waals surface area contributed by atoms with Gasteiger partial charge in [-0.25, -0.2) is 12.9 Å². The Morgan fingerprint density at radius 2 is 0.652 bits per heavy atom. The van der Waals surface area contributed by atoms with Gasteiger partial charge in [-0.15, -0.1) is 0 Å². The van der Waals surface area contributed by atoms with Crippen LogP contribution >= 0.6 is 10.6 Å². The van der Waals surface area contributed by atoms with Gasteiger partial charge in [-0.2, -0.15) is 39.5 Å². The van der Waals surface area contributed by atoms with Crippen LogP contribution in [0, 0.1) is 0 Å². The van der Waals surface area contributed by atoms with E-state index in [2.05, 4.69) is 0 Å². The highest BCUT2D eigenvalue weighted by Gasteiger charge is 2.91. The molecule has 0 atom stereocenters. The van der Waals surface area contributed by atoms with Gasteiger partial charge in [0, 0.05) is 0 Å². The molecule has 0 saturated heterocycles. The normalized spacial score (nSPS) is 16.6. The van der Waals surface area contributed by atoms with Gasteiger partial charge in [0.15, 0.2) is 0 Å². The van der Waals surface area contributed by atoms with Crippen LogP contribution < -0.4 is 0 Å². The zero-order valence-corrected chi connectivity index (χ0v) is 14.0. The van der Waals surface area contributed by atoms with E-state index in [1.807, 2.05) is 0 Å². The fraction of sp³-hybridized carbons (Fsp3) is 1.00. The van der Waals surface area contributed by atoms with E-state index < -0.39 is 33.9 Å². The van der Waals surface area contributed by atoms with Crippen LogP contribution in [-0.2, 0) is 0 Å². The Hall–Kier alpha value is -0.400. The fourth-order valence-corrected chi connectivity index (χ4v) is 7.28. The van der Waals surface area contributed by atoms with E-state index in [0.29, 0.717) is 12.9 Å². The number of alkyl halides is 9. The molecule has 13 heteroatoms. The van der Waals surface area contributed by atoms with Gasteiger partial charge in [0.05, 0.1) is 0 Å². The van der Waals surface area contributed by atoms with E-state index in [0.717, 1.165) is 42.3 Å². The van der Waals surface area contributed by atoms with Crippen LogP contribution in [0.1, 0.15) is 0 Å². The highest BCUT2D eigenvalue weighted by atomic mass is 32.3. The summed E-state index contributed by atoms with van der Waals surface area (Å²) in [7, 11) is -0.253. The molecule has 0 radical (unpaired) electrons. The molecule has 0 aliphatic carbocycles. The molecule has 0 aliphatic rings. The highest BCUT2D eigenvalue weighted by Crippen LogP contribution is 2.77. The van der Waals surface area contributed by atoms with Crippen molar-refractivity contribution in [2.24, 2.45) is 0 Å². The minimum absolute atomic E-state index is 0.335. The van der Waals surface area contributed by atoms with Crippen molar-refractivity contribution in [3.63, 3.8) is 0 Å². The average molecular weight is 383 g/mol. The molecule has 0 heterocycles. The molecule has 0 unspecified atom stereocenters. The van der Waals surface area contributed by atoms with Crippen molar-refractivity contribution < 1.29 is 39.5 Å². The van der Waals surface area contributed by atoms with Crippen LogP contribution in [0.3, 0.4) is 0 Å². The second kappa shape index (κ2) is 6.15. The zero-order valence-electron chi connectivity index (χ0n) is 13.2. The first-order chi connectivity index (χ1) is 9.83. The Morgan fingerprint density at radius 1 is 0.478 bits per heavy atom. The maximum atomic E-state index is 13.4. The number of nitrogens with zero attached hydrogens (tertiary/aromatic N) is 3. The summed E-state index contributed by atoms with van der Waals surface area (Å²) in [5.74, 6) is 0. The molecule has 0 saturated carbocycles. The Morgan fingerprint density at radius 3 is 0.696 bits per heavy atom. The molecular weight excluding hydrogens is 365 g/mol. The van der Waals surface area contributed by atoms with E-state index >= 15 is 0 Å². The third-order valence-electron chi connectivity index (χ3n) is 3.14. The SMILES string of the molecule is CN(C)S(N(C)C)(N(C)C)C(C(F)(F)F)(C(F)(F)F)C(F)(F)F. The molecule has 0 bridgehead atoms. The van der Waals surface area contributed by atoms with Crippen LogP contribution in [0.4, 0.5) is 39.5 Å². The summed E-state index contributed by atoms with van der Waals surface area (Å²) in [6.45, 7) is 0.